The van der Waals surface area contributed by atoms with Crippen LogP contribution in [0.3, 0.4) is 0 Å². The Balaban J connectivity index is 2.33. The molecule has 34 heavy (non-hydrogen) atoms. The van der Waals surface area contributed by atoms with Gasteiger partial charge in [0.2, 0.25) is 15.9 Å². The molecule has 0 bridgehead atoms. The van der Waals surface area contributed by atoms with E-state index in [2.05, 4.69) is 10.0 Å². The summed E-state index contributed by atoms with van der Waals surface area (Å²) in [5.41, 5.74) is -0.851. The first-order valence-corrected chi connectivity index (χ1v) is 12.4. The molecule has 186 valence electrons. The maximum atomic E-state index is 13.1. The fourth-order valence-electron chi connectivity index (χ4n) is 3.29. The summed E-state index contributed by atoms with van der Waals surface area (Å²) >= 11 is 0. The van der Waals surface area contributed by atoms with E-state index in [1.165, 1.54) is 12.1 Å². The second-order valence-electron chi connectivity index (χ2n) is 9.50. The molecule has 0 aliphatic heterocycles. The summed E-state index contributed by atoms with van der Waals surface area (Å²) in [5.74, 6) is -3.02. The van der Waals surface area contributed by atoms with Gasteiger partial charge in [-0.3, -0.25) is 9.59 Å². The lowest BCUT2D eigenvalue weighted by Crippen LogP contribution is -2.52. The van der Waals surface area contributed by atoms with E-state index in [4.69, 9.17) is 4.74 Å². The average Bonchev–Trinajstić information content (AvgIpc) is 2.70. The van der Waals surface area contributed by atoms with Crippen molar-refractivity contribution in [3.63, 3.8) is 0 Å². The molecule has 0 heterocycles. The summed E-state index contributed by atoms with van der Waals surface area (Å²) in [6, 6.07) is 8.86. The number of ether oxygens (including phenoxy) is 1. The van der Waals surface area contributed by atoms with Crippen molar-refractivity contribution >= 4 is 38.6 Å². The van der Waals surface area contributed by atoms with Crippen molar-refractivity contribution in [2.45, 2.75) is 70.0 Å². The maximum absolute atomic E-state index is 13.1. The van der Waals surface area contributed by atoms with Crippen LogP contribution in [0.15, 0.2) is 47.4 Å². The minimum absolute atomic E-state index is 0.0417. The summed E-state index contributed by atoms with van der Waals surface area (Å²) < 4.78 is 33.7. The molecule has 0 aliphatic carbocycles. The third-order valence-electron chi connectivity index (χ3n) is 4.76. The van der Waals surface area contributed by atoms with Crippen LogP contribution in [0, 0.1) is 5.92 Å². The number of sulfonamides is 1. The summed E-state index contributed by atoms with van der Waals surface area (Å²) in [7, 11) is -4.23. The normalized spacial score (nSPS) is 13.9. The molecule has 1 amide bonds. The predicted molar refractivity (Wildman–Crippen MR) is 128 cm³/mol. The molecule has 2 aromatic rings. The van der Waals surface area contributed by atoms with Crippen LogP contribution in [0.1, 0.15) is 47.5 Å². The molecule has 9 nitrogen and oxygen atoms in total. The number of aliphatic carboxylic acids is 1. The second kappa shape index (κ2) is 11.0. The third-order valence-corrected chi connectivity index (χ3v) is 6.23. The fraction of sp³-hybridized carbons (Fsp3) is 0.458. The lowest BCUT2D eigenvalue weighted by atomic mass is 10.0. The molecule has 0 unspecified atom stereocenters. The lowest BCUT2D eigenvalue weighted by Gasteiger charge is -2.24. The highest BCUT2D eigenvalue weighted by molar-refractivity contribution is 7.89. The quantitative estimate of drug-likeness (QED) is 0.433. The Morgan fingerprint density at radius 1 is 1.00 bits per heavy atom. The molecule has 0 spiro atoms. The predicted octanol–water partition coefficient (Wildman–Crippen LogP) is 2.83. The SMILES string of the molecule is CC(C)C[C@H](NC(=O)[C@H](CC(=O)OC(C)(C)C)NS(=O)(=O)c1ccc2ccccc2c1)C(=O)O. The van der Waals surface area contributed by atoms with Gasteiger partial charge in [0.15, 0.2) is 0 Å². The highest BCUT2D eigenvalue weighted by Crippen LogP contribution is 2.20. The minimum atomic E-state index is -4.23. The van der Waals surface area contributed by atoms with Crippen LogP contribution in [0.2, 0.25) is 0 Å². The Kier molecular flexibility index (Phi) is 8.79. The molecule has 2 atom stereocenters. The molecule has 3 N–H and O–H groups in total. The Bertz CT molecular complexity index is 1150. The first-order valence-electron chi connectivity index (χ1n) is 10.9. The molecule has 0 saturated heterocycles. The Hall–Kier alpha value is -2.98. The smallest absolute Gasteiger partial charge is 0.326 e. The molecular formula is C24H32N2O7S. The number of hydrogen-bond donors (Lipinski definition) is 3. The first kappa shape index (κ1) is 27.3. The van der Waals surface area contributed by atoms with Crippen molar-refractivity contribution in [2.24, 2.45) is 5.92 Å². The van der Waals surface area contributed by atoms with Crippen LogP contribution in [-0.4, -0.2) is 49.1 Å². The Morgan fingerprint density at radius 2 is 1.62 bits per heavy atom. The Labute approximate surface area is 199 Å². The number of nitrogens with one attached hydrogen (secondary N) is 2. The number of fused-ring (bicyclic) bond motifs is 1. The van der Waals surface area contributed by atoms with E-state index in [-0.39, 0.29) is 17.2 Å². The molecule has 2 rings (SSSR count). The zero-order chi connectivity index (χ0) is 25.7. The number of carboxylic acids is 1. The van der Waals surface area contributed by atoms with Gasteiger partial charge in [-0.25, -0.2) is 13.2 Å². The van der Waals surface area contributed by atoms with E-state index in [1.54, 1.807) is 52.8 Å². The number of carboxylic acid groups (broad SMARTS) is 1. The summed E-state index contributed by atoms with van der Waals surface area (Å²) in [5, 5.41) is 13.3. The molecular weight excluding hydrogens is 460 g/mol. The monoisotopic (exact) mass is 492 g/mol. The van der Waals surface area contributed by atoms with Gasteiger partial charge in [0, 0.05) is 0 Å². The molecule has 0 saturated carbocycles. The van der Waals surface area contributed by atoms with Crippen LogP contribution >= 0.6 is 0 Å². The molecule has 10 heteroatoms. The van der Waals surface area contributed by atoms with Gasteiger partial charge in [-0.2, -0.15) is 4.72 Å². The zero-order valence-electron chi connectivity index (χ0n) is 20.0. The van der Waals surface area contributed by atoms with Crippen molar-refractivity contribution in [2.75, 3.05) is 0 Å². The van der Waals surface area contributed by atoms with E-state index in [1.807, 2.05) is 12.1 Å². The number of hydrogen-bond acceptors (Lipinski definition) is 6. The van der Waals surface area contributed by atoms with Gasteiger partial charge in [0.25, 0.3) is 0 Å². The standard InChI is InChI=1S/C24H32N2O7S/c1-15(2)12-20(23(29)30)25-22(28)19(14-21(27)33-24(3,4)5)26-34(31,32)18-11-10-16-8-6-7-9-17(16)13-18/h6-11,13,15,19-20,26H,12,14H2,1-5H3,(H,25,28)(H,29,30)/t19-,20-/m0/s1. The number of carbonyl (C=O) groups is 3. The van der Waals surface area contributed by atoms with Gasteiger partial charge in [-0.05, 0) is 56.0 Å². The minimum Gasteiger partial charge on any atom is -0.480 e. The van der Waals surface area contributed by atoms with Gasteiger partial charge in [-0.15, -0.1) is 0 Å². The van der Waals surface area contributed by atoms with Crippen LogP contribution in [0.5, 0.6) is 0 Å². The summed E-state index contributed by atoms with van der Waals surface area (Å²) in [6.45, 7) is 8.51. The largest absolute Gasteiger partial charge is 0.480 e. The molecule has 2 aromatic carbocycles. The number of amides is 1. The van der Waals surface area contributed by atoms with Crippen molar-refractivity contribution in [1.29, 1.82) is 0 Å². The fourth-order valence-corrected chi connectivity index (χ4v) is 4.52. The van der Waals surface area contributed by atoms with Gasteiger partial charge in [0.1, 0.15) is 17.7 Å². The summed E-state index contributed by atoms with van der Waals surface area (Å²) in [6.07, 6.45) is -0.471. The molecule has 0 aromatic heterocycles. The van der Waals surface area contributed by atoms with E-state index in [0.29, 0.717) is 5.39 Å². The second-order valence-corrected chi connectivity index (χ2v) is 11.2. The first-order chi connectivity index (χ1) is 15.7. The van der Waals surface area contributed by atoms with Crippen LogP contribution < -0.4 is 10.0 Å². The number of rotatable bonds is 10. The number of benzene rings is 2. The van der Waals surface area contributed by atoms with Crippen LogP contribution in [-0.2, 0) is 29.1 Å². The Morgan fingerprint density at radius 3 is 2.18 bits per heavy atom. The van der Waals surface area contributed by atoms with E-state index in [0.717, 1.165) is 5.39 Å². The molecule has 0 radical (unpaired) electrons. The van der Waals surface area contributed by atoms with Crippen molar-refractivity contribution in [3.8, 4) is 0 Å². The van der Waals surface area contributed by atoms with Gasteiger partial charge in [0.05, 0.1) is 11.3 Å². The third kappa shape index (κ3) is 8.11. The van der Waals surface area contributed by atoms with Gasteiger partial charge in [-0.1, -0.05) is 44.2 Å². The van der Waals surface area contributed by atoms with Crippen LogP contribution in [0.25, 0.3) is 10.8 Å². The van der Waals surface area contributed by atoms with Gasteiger partial charge < -0.3 is 15.2 Å². The van der Waals surface area contributed by atoms with Crippen molar-refractivity contribution in [3.05, 3.63) is 42.5 Å². The number of esters is 1. The number of carbonyl (C=O) groups excluding carboxylic acids is 2. The van der Waals surface area contributed by atoms with E-state index in [9.17, 15) is 27.9 Å². The molecule has 0 aliphatic rings. The summed E-state index contributed by atoms with van der Waals surface area (Å²) in [4.78, 5) is 36.9. The highest BCUT2D eigenvalue weighted by atomic mass is 32.2. The van der Waals surface area contributed by atoms with Crippen molar-refractivity contribution in [1.82, 2.24) is 10.0 Å². The lowest BCUT2D eigenvalue weighted by molar-refractivity contribution is -0.156. The van der Waals surface area contributed by atoms with Crippen LogP contribution in [0.4, 0.5) is 0 Å². The maximum Gasteiger partial charge on any atom is 0.326 e. The molecule has 0 fully saturated rings. The zero-order valence-corrected chi connectivity index (χ0v) is 20.8. The van der Waals surface area contributed by atoms with E-state index < -0.39 is 52.0 Å². The van der Waals surface area contributed by atoms with Crippen molar-refractivity contribution < 1.29 is 32.6 Å². The van der Waals surface area contributed by atoms with E-state index >= 15 is 0 Å². The topological polar surface area (TPSA) is 139 Å². The highest BCUT2D eigenvalue weighted by Gasteiger charge is 2.32. The van der Waals surface area contributed by atoms with Gasteiger partial charge >= 0.3 is 11.9 Å². The average molecular weight is 493 g/mol.